The molecule has 0 saturated carbocycles. The van der Waals surface area contributed by atoms with Gasteiger partial charge in [0.2, 0.25) is 0 Å². The van der Waals surface area contributed by atoms with E-state index in [2.05, 4.69) is 12.1 Å². The van der Waals surface area contributed by atoms with E-state index in [1.54, 1.807) is 0 Å². The number of nitriles is 1. The van der Waals surface area contributed by atoms with Crippen molar-refractivity contribution in [1.29, 1.82) is 5.26 Å². The van der Waals surface area contributed by atoms with Crippen LogP contribution >= 0.6 is 11.6 Å². The van der Waals surface area contributed by atoms with Crippen LogP contribution in [0.5, 0.6) is 0 Å². The number of benzene rings is 1. The van der Waals surface area contributed by atoms with E-state index in [-0.39, 0.29) is 5.92 Å². The van der Waals surface area contributed by atoms with Crippen LogP contribution in [0.15, 0.2) is 24.3 Å². The summed E-state index contributed by atoms with van der Waals surface area (Å²) in [6, 6.07) is 10.4. The van der Waals surface area contributed by atoms with Crippen LogP contribution in [0.1, 0.15) is 11.1 Å². The molecule has 0 fully saturated rings. The molecule has 0 bridgehead atoms. The SMILES string of the molecule is Cc1cccc(CC(C#N)CCl)c1. The Hall–Kier alpha value is -1.000. The molecule has 0 aliphatic carbocycles. The van der Waals surface area contributed by atoms with Crippen LogP contribution in [0.2, 0.25) is 0 Å². The van der Waals surface area contributed by atoms with Gasteiger partial charge in [0.1, 0.15) is 0 Å². The first-order valence-corrected chi connectivity index (χ1v) is 4.81. The van der Waals surface area contributed by atoms with E-state index in [4.69, 9.17) is 16.9 Å². The van der Waals surface area contributed by atoms with Crippen molar-refractivity contribution in [3.63, 3.8) is 0 Å². The maximum Gasteiger partial charge on any atom is 0.0671 e. The van der Waals surface area contributed by atoms with Crippen LogP contribution < -0.4 is 0 Å². The molecule has 0 amide bonds. The first-order chi connectivity index (χ1) is 6.26. The topological polar surface area (TPSA) is 23.8 Å². The minimum atomic E-state index is -0.0662. The van der Waals surface area contributed by atoms with Gasteiger partial charge in [-0.15, -0.1) is 11.6 Å². The molecule has 0 saturated heterocycles. The molecule has 2 heteroatoms. The highest BCUT2D eigenvalue weighted by Gasteiger charge is 2.06. The molecule has 0 heterocycles. The highest BCUT2D eigenvalue weighted by Crippen LogP contribution is 2.11. The summed E-state index contributed by atoms with van der Waals surface area (Å²) in [4.78, 5) is 0. The molecule has 68 valence electrons. The van der Waals surface area contributed by atoms with Crippen molar-refractivity contribution in [2.24, 2.45) is 5.92 Å². The van der Waals surface area contributed by atoms with Gasteiger partial charge in [-0.05, 0) is 18.9 Å². The molecule has 0 aliphatic heterocycles. The van der Waals surface area contributed by atoms with Gasteiger partial charge in [-0.3, -0.25) is 0 Å². The van der Waals surface area contributed by atoms with Gasteiger partial charge in [-0.2, -0.15) is 5.26 Å². The lowest BCUT2D eigenvalue weighted by Crippen LogP contribution is -2.03. The number of alkyl halides is 1. The Morgan fingerprint density at radius 1 is 1.54 bits per heavy atom. The molecule has 13 heavy (non-hydrogen) atoms. The Kier molecular flexibility index (Phi) is 3.79. The van der Waals surface area contributed by atoms with Gasteiger partial charge < -0.3 is 0 Å². The van der Waals surface area contributed by atoms with Crippen molar-refractivity contribution in [2.75, 3.05) is 5.88 Å². The van der Waals surface area contributed by atoms with Crippen molar-refractivity contribution < 1.29 is 0 Å². The minimum absolute atomic E-state index is 0.0662. The molecule has 0 spiro atoms. The van der Waals surface area contributed by atoms with Crippen LogP contribution in [0, 0.1) is 24.2 Å². The van der Waals surface area contributed by atoms with Crippen LogP contribution in [0.25, 0.3) is 0 Å². The first-order valence-electron chi connectivity index (χ1n) is 4.27. The lowest BCUT2D eigenvalue weighted by Gasteiger charge is -2.05. The monoisotopic (exact) mass is 193 g/mol. The molecule has 1 nitrogen and oxygen atoms in total. The molecule has 0 N–H and O–H groups in total. The number of hydrogen-bond donors (Lipinski definition) is 0. The number of rotatable bonds is 3. The van der Waals surface area contributed by atoms with Crippen molar-refractivity contribution in [3.05, 3.63) is 35.4 Å². The highest BCUT2D eigenvalue weighted by atomic mass is 35.5. The van der Waals surface area contributed by atoms with Gasteiger partial charge >= 0.3 is 0 Å². The smallest absolute Gasteiger partial charge is 0.0671 e. The van der Waals surface area contributed by atoms with Crippen molar-refractivity contribution in [3.8, 4) is 6.07 Å². The number of nitrogens with zero attached hydrogens (tertiary/aromatic N) is 1. The zero-order chi connectivity index (χ0) is 9.68. The molecule has 1 unspecified atom stereocenters. The Bertz CT molecular complexity index is 314. The lowest BCUT2D eigenvalue weighted by molar-refractivity contribution is 0.746. The number of halogens is 1. The Morgan fingerprint density at radius 2 is 2.31 bits per heavy atom. The second kappa shape index (κ2) is 4.89. The van der Waals surface area contributed by atoms with E-state index in [1.807, 2.05) is 25.1 Å². The third-order valence-corrected chi connectivity index (χ3v) is 2.31. The van der Waals surface area contributed by atoms with Crippen LogP contribution in [0.3, 0.4) is 0 Å². The fourth-order valence-electron chi connectivity index (χ4n) is 1.26. The number of aryl methyl sites for hydroxylation is 1. The summed E-state index contributed by atoms with van der Waals surface area (Å²) in [5.41, 5.74) is 2.41. The van der Waals surface area contributed by atoms with Crippen molar-refractivity contribution in [1.82, 2.24) is 0 Å². The molecular weight excluding hydrogens is 182 g/mol. The summed E-state index contributed by atoms with van der Waals surface area (Å²) >= 11 is 5.63. The summed E-state index contributed by atoms with van der Waals surface area (Å²) in [6.07, 6.45) is 0.752. The Morgan fingerprint density at radius 3 is 2.85 bits per heavy atom. The zero-order valence-electron chi connectivity index (χ0n) is 7.63. The van der Waals surface area contributed by atoms with E-state index in [0.717, 1.165) is 6.42 Å². The second-order valence-corrected chi connectivity index (χ2v) is 3.48. The normalized spacial score (nSPS) is 12.1. The molecule has 1 atom stereocenters. The Labute approximate surface area is 84.0 Å². The predicted molar refractivity (Wildman–Crippen MR) is 54.7 cm³/mol. The fraction of sp³-hybridized carbons (Fsp3) is 0.364. The molecule has 0 aliphatic rings. The predicted octanol–water partition coefficient (Wildman–Crippen LogP) is 2.92. The summed E-state index contributed by atoms with van der Waals surface area (Å²) < 4.78 is 0. The maximum atomic E-state index is 8.72. The minimum Gasteiger partial charge on any atom is -0.198 e. The Balaban J connectivity index is 2.69. The van der Waals surface area contributed by atoms with Gasteiger partial charge in [-0.25, -0.2) is 0 Å². The van der Waals surface area contributed by atoms with E-state index < -0.39 is 0 Å². The molecule has 0 aromatic heterocycles. The van der Waals surface area contributed by atoms with E-state index in [9.17, 15) is 0 Å². The summed E-state index contributed by atoms with van der Waals surface area (Å²) in [7, 11) is 0. The average molecular weight is 194 g/mol. The number of hydrogen-bond acceptors (Lipinski definition) is 1. The quantitative estimate of drug-likeness (QED) is 0.678. The van der Waals surface area contributed by atoms with E-state index in [0.29, 0.717) is 5.88 Å². The first kappa shape index (κ1) is 10.1. The van der Waals surface area contributed by atoms with Gasteiger partial charge in [0.15, 0.2) is 0 Å². The van der Waals surface area contributed by atoms with Gasteiger partial charge in [0, 0.05) is 5.88 Å². The second-order valence-electron chi connectivity index (χ2n) is 3.17. The van der Waals surface area contributed by atoms with Crippen molar-refractivity contribution >= 4 is 11.6 Å². The third kappa shape index (κ3) is 3.08. The van der Waals surface area contributed by atoms with Crippen molar-refractivity contribution in [2.45, 2.75) is 13.3 Å². The molecule has 0 radical (unpaired) electrons. The molecule has 1 rings (SSSR count). The van der Waals surface area contributed by atoms with Crippen LogP contribution in [0.4, 0.5) is 0 Å². The molecule has 1 aromatic rings. The van der Waals surface area contributed by atoms with E-state index in [1.165, 1.54) is 11.1 Å². The maximum absolute atomic E-state index is 8.72. The summed E-state index contributed by atoms with van der Waals surface area (Å²) in [6.45, 7) is 2.05. The van der Waals surface area contributed by atoms with Crippen LogP contribution in [-0.2, 0) is 6.42 Å². The van der Waals surface area contributed by atoms with Gasteiger partial charge in [-0.1, -0.05) is 29.8 Å². The summed E-state index contributed by atoms with van der Waals surface area (Å²) in [5.74, 6) is 0.341. The zero-order valence-corrected chi connectivity index (χ0v) is 8.38. The molecule has 1 aromatic carbocycles. The standard InChI is InChI=1S/C11H12ClN/c1-9-3-2-4-10(5-9)6-11(7-12)8-13/h2-5,11H,6-7H2,1H3. The average Bonchev–Trinajstić information content (AvgIpc) is 2.14. The lowest BCUT2D eigenvalue weighted by atomic mass is 10.0. The largest absolute Gasteiger partial charge is 0.198 e. The fourth-order valence-corrected chi connectivity index (χ4v) is 1.44. The highest BCUT2D eigenvalue weighted by molar-refractivity contribution is 6.18. The van der Waals surface area contributed by atoms with Crippen LogP contribution in [-0.4, -0.2) is 5.88 Å². The molecular formula is C11H12ClN. The summed E-state index contributed by atoms with van der Waals surface area (Å²) in [5, 5.41) is 8.72. The third-order valence-electron chi connectivity index (χ3n) is 1.93. The van der Waals surface area contributed by atoms with E-state index >= 15 is 0 Å². The van der Waals surface area contributed by atoms with Gasteiger partial charge in [0.25, 0.3) is 0 Å². The van der Waals surface area contributed by atoms with Gasteiger partial charge in [0.05, 0.1) is 12.0 Å².